The molecular weight excluding hydrogens is 284 g/mol. The van der Waals surface area contributed by atoms with E-state index in [9.17, 15) is 14.7 Å². The van der Waals surface area contributed by atoms with Gasteiger partial charge in [-0.15, -0.1) is 0 Å². The number of phenolic OH excluding ortho intramolecular Hbond substituents is 1. The topological polar surface area (TPSA) is 78.9 Å². The summed E-state index contributed by atoms with van der Waals surface area (Å²) < 4.78 is 5.00. The summed E-state index contributed by atoms with van der Waals surface area (Å²) in [5, 5.41) is 12.5. The van der Waals surface area contributed by atoms with Gasteiger partial charge < -0.3 is 15.2 Å². The van der Waals surface area contributed by atoms with Gasteiger partial charge in [0.25, 0.3) is 0 Å². The second-order valence-electron chi connectivity index (χ2n) is 5.79. The van der Waals surface area contributed by atoms with E-state index in [1.165, 1.54) is 0 Å². The largest absolute Gasteiger partial charge is 0.506 e. The SMILES string of the molecule is O=C(Nc1ccccc1O)C1CCN(C2CCOC2=O)CC1. The minimum atomic E-state index is -0.142. The van der Waals surface area contributed by atoms with E-state index in [1.54, 1.807) is 24.3 Å². The first kappa shape index (κ1) is 14.8. The fourth-order valence-corrected chi connectivity index (χ4v) is 3.10. The Labute approximate surface area is 129 Å². The summed E-state index contributed by atoms with van der Waals surface area (Å²) in [6.45, 7) is 1.94. The number of phenols is 1. The van der Waals surface area contributed by atoms with Crippen LogP contribution >= 0.6 is 0 Å². The first-order valence-corrected chi connectivity index (χ1v) is 7.64. The maximum Gasteiger partial charge on any atom is 0.323 e. The number of hydrogen-bond donors (Lipinski definition) is 2. The highest BCUT2D eigenvalue weighted by atomic mass is 16.5. The lowest BCUT2D eigenvalue weighted by atomic mass is 9.94. The number of amides is 1. The van der Waals surface area contributed by atoms with Crippen molar-refractivity contribution in [1.82, 2.24) is 4.90 Å². The molecule has 0 saturated carbocycles. The molecule has 1 aromatic carbocycles. The highest BCUT2D eigenvalue weighted by molar-refractivity contribution is 5.93. The van der Waals surface area contributed by atoms with E-state index >= 15 is 0 Å². The van der Waals surface area contributed by atoms with E-state index in [2.05, 4.69) is 10.2 Å². The van der Waals surface area contributed by atoms with Crippen LogP contribution in [0.15, 0.2) is 24.3 Å². The molecule has 6 heteroatoms. The molecule has 1 atom stereocenters. The van der Waals surface area contributed by atoms with Gasteiger partial charge in [0.2, 0.25) is 5.91 Å². The molecule has 6 nitrogen and oxygen atoms in total. The molecule has 0 bridgehead atoms. The van der Waals surface area contributed by atoms with Crippen molar-refractivity contribution < 1.29 is 19.4 Å². The van der Waals surface area contributed by atoms with Gasteiger partial charge in [-0.2, -0.15) is 0 Å². The Balaban J connectivity index is 1.54. The monoisotopic (exact) mass is 304 g/mol. The Morgan fingerprint density at radius 1 is 1.23 bits per heavy atom. The first-order chi connectivity index (χ1) is 10.6. The van der Waals surface area contributed by atoms with Gasteiger partial charge in [0.15, 0.2) is 0 Å². The van der Waals surface area contributed by atoms with Crippen LogP contribution in [0.25, 0.3) is 0 Å². The van der Waals surface area contributed by atoms with Crippen LogP contribution in [0.1, 0.15) is 19.3 Å². The Bertz CT molecular complexity index is 567. The van der Waals surface area contributed by atoms with Crippen LogP contribution in [0.2, 0.25) is 0 Å². The van der Waals surface area contributed by atoms with Crippen molar-refractivity contribution >= 4 is 17.6 Å². The Hall–Kier alpha value is -2.08. The molecule has 1 amide bonds. The summed E-state index contributed by atoms with van der Waals surface area (Å²) in [6.07, 6.45) is 2.17. The number of nitrogens with one attached hydrogen (secondary N) is 1. The molecular formula is C16H20N2O4. The molecule has 2 aliphatic heterocycles. The van der Waals surface area contributed by atoms with Crippen molar-refractivity contribution in [3.8, 4) is 5.75 Å². The van der Waals surface area contributed by atoms with E-state index in [-0.39, 0.29) is 29.6 Å². The molecule has 22 heavy (non-hydrogen) atoms. The summed E-state index contributed by atoms with van der Waals surface area (Å²) in [6, 6.07) is 6.57. The highest BCUT2D eigenvalue weighted by Crippen LogP contribution is 2.26. The lowest BCUT2D eigenvalue weighted by Gasteiger charge is -2.33. The van der Waals surface area contributed by atoms with E-state index in [1.807, 2.05) is 0 Å². The van der Waals surface area contributed by atoms with Gasteiger partial charge >= 0.3 is 5.97 Å². The van der Waals surface area contributed by atoms with E-state index < -0.39 is 0 Å². The normalized spacial score (nSPS) is 23.3. The molecule has 3 rings (SSSR count). The molecule has 118 valence electrons. The molecule has 0 radical (unpaired) electrons. The predicted molar refractivity (Wildman–Crippen MR) is 80.4 cm³/mol. The summed E-state index contributed by atoms with van der Waals surface area (Å²) in [7, 11) is 0. The van der Waals surface area contributed by atoms with Crippen LogP contribution in [0.4, 0.5) is 5.69 Å². The number of benzene rings is 1. The third-order valence-corrected chi connectivity index (χ3v) is 4.41. The number of carbonyl (C=O) groups excluding carboxylic acids is 2. The van der Waals surface area contributed by atoms with Gasteiger partial charge in [-0.05, 0) is 38.1 Å². The van der Waals surface area contributed by atoms with Gasteiger partial charge in [-0.25, -0.2) is 0 Å². The molecule has 2 N–H and O–H groups in total. The summed E-state index contributed by atoms with van der Waals surface area (Å²) >= 11 is 0. The van der Waals surface area contributed by atoms with Crippen molar-refractivity contribution in [2.45, 2.75) is 25.3 Å². The fraction of sp³-hybridized carbons (Fsp3) is 0.500. The van der Waals surface area contributed by atoms with Crippen LogP contribution in [0.5, 0.6) is 5.75 Å². The minimum Gasteiger partial charge on any atom is -0.506 e. The fourth-order valence-electron chi connectivity index (χ4n) is 3.10. The molecule has 2 saturated heterocycles. The molecule has 0 aliphatic carbocycles. The molecule has 0 aromatic heterocycles. The number of cyclic esters (lactones) is 1. The molecule has 0 spiro atoms. The van der Waals surface area contributed by atoms with Crippen molar-refractivity contribution in [1.29, 1.82) is 0 Å². The standard InChI is InChI=1S/C16H20N2O4/c19-14-4-2-1-3-12(14)17-15(20)11-5-8-18(9-6-11)13-7-10-22-16(13)21/h1-4,11,13,19H,5-10H2,(H,17,20). The number of likely N-dealkylation sites (tertiary alicyclic amines) is 1. The second kappa shape index (κ2) is 6.36. The predicted octanol–water partition coefficient (Wildman–Crippen LogP) is 1.36. The highest BCUT2D eigenvalue weighted by Gasteiger charge is 2.35. The zero-order valence-electron chi connectivity index (χ0n) is 12.3. The molecule has 1 aromatic rings. The zero-order valence-corrected chi connectivity index (χ0v) is 12.3. The minimum absolute atomic E-state index is 0.0713. The smallest absolute Gasteiger partial charge is 0.323 e. The Morgan fingerprint density at radius 2 is 1.95 bits per heavy atom. The molecule has 1 unspecified atom stereocenters. The lowest BCUT2D eigenvalue weighted by molar-refractivity contribution is -0.142. The Kier molecular flexibility index (Phi) is 4.29. The van der Waals surface area contributed by atoms with Crippen LogP contribution in [0, 0.1) is 5.92 Å². The van der Waals surface area contributed by atoms with E-state index in [0.29, 0.717) is 25.1 Å². The summed E-state index contributed by atoms with van der Waals surface area (Å²) in [5.74, 6) is -0.234. The maximum atomic E-state index is 12.3. The number of carbonyl (C=O) groups is 2. The number of esters is 1. The third-order valence-electron chi connectivity index (χ3n) is 4.41. The third kappa shape index (κ3) is 3.06. The number of aromatic hydroxyl groups is 1. The second-order valence-corrected chi connectivity index (χ2v) is 5.79. The first-order valence-electron chi connectivity index (χ1n) is 7.64. The maximum absolute atomic E-state index is 12.3. The van der Waals surface area contributed by atoms with Crippen LogP contribution in [0.3, 0.4) is 0 Å². The number of piperidine rings is 1. The van der Waals surface area contributed by atoms with Gasteiger partial charge in [-0.1, -0.05) is 12.1 Å². The van der Waals surface area contributed by atoms with Crippen LogP contribution in [-0.4, -0.2) is 47.6 Å². The number of rotatable bonds is 3. The Morgan fingerprint density at radius 3 is 2.59 bits per heavy atom. The molecule has 2 aliphatic rings. The number of ether oxygens (including phenoxy) is 1. The van der Waals surface area contributed by atoms with E-state index in [0.717, 1.165) is 19.5 Å². The summed E-state index contributed by atoms with van der Waals surface area (Å²) in [5.41, 5.74) is 0.439. The van der Waals surface area contributed by atoms with Gasteiger partial charge in [0.05, 0.1) is 12.3 Å². The molecule has 2 heterocycles. The van der Waals surface area contributed by atoms with Crippen molar-refractivity contribution in [3.05, 3.63) is 24.3 Å². The summed E-state index contributed by atoms with van der Waals surface area (Å²) in [4.78, 5) is 26.0. The van der Waals surface area contributed by atoms with E-state index in [4.69, 9.17) is 4.74 Å². The number of para-hydroxylation sites is 2. The lowest BCUT2D eigenvalue weighted by Crippen LogP contribution is -2.45. The van der Waals surface area contributed by atoms with Crippen molar-refractivity contribution in [3.63, 3.8) is 0 Å². The van der Waals surface area contributed by atoms with Crippen molar-refractivity contribution in [2.24, 2.45) is 5.92 Å². The van der Waals surface area contributed by atoms with Gasteiger partial charge in [0.1, 0.15) is 11.8 Å². The number of nitrogens with zero attached hydrogens (tertiary/aromatic N) is 1. The zero-order chi connectivity index (χ0) is 15.5. The van der Waals surface area contributed by atoms with Crippen molar-refractivity contribution in [2.75, 3.05) is 25.0 Å². The number of hydrogen-bond acceptors (Lipinski definition) is 5. The van der Waals surface area contributed by atoms with Gasteiger partial charge in [-0.3, -0.25) is 14.5 Å². The van der Waals surface area contributed by atoms with Crippen LogP contribution < -0.4 is 5.32 Å². The van der Waals surface area contributed by atoms with Gasteiger partial charge in [0, 0.05) is 12.3 Å². The average molecular weight is 304 g/mol. The average Bonchev–Trinajstić information content (AvgIpc) is 2.96. The quantitative estimate of drug-likeness (QED) is 0.651. The molecule has 2 fully saturated rings. The van der Waals surface area contributed by atoms with Crippen LogP contribution in [-0.2, 0) is 14.3 Å². The number of anilines is 1.